The fourth-order valence-electron chi connectivity index (χ4n) is 1.41. The average Bonchev–Trinajstić information content (AvgIpc) is 2.92. The summed E-state index contributed by atoms with van der Waals surface area (Å²) in [7, 11) is -3.60. The minimum Gasteiger partial charge on any atom is -0.392 e. The first-order valence-electron chi connectivity index (χ1n) is 5.55. The molecule has 102 valence electrons. The van der Waals surface area contributed by atoms with Crippen LogP contribution >= 0.6 is 11.3 Å². The highest BCUT2D eigenvalue weighted by Gasteiger charge is 2.14. The molecule has 0 saturated carbocycles. The molecule has 2 heterocycles. The summed E-state index contributed by atoms with van der Waals surface area (Å²) >= 11 is 1.48. The second-order valence-electron chi connectivity index (χ2n) is 3.74. The molecule has 0 bridgehead atoms. The fourth-order valence-corrected chi connectivity index (χ4v) is 2.98. The first kappa shape index (κ1) is 14.1. The van der Waals surface area contributed by atoms with Crippen LogP contribution < -0.4 is 4.72 Å². The highest BCUT2D eigenvalue weighted by molar-refractivity contribution is 7.89. The predicted octanol–water partition coefficient (Wildman–Crippen LogP) is 0.551. The third kappa shape index (κ3) is 3.80. The topological polar surface area (TPSA) is 92.2 Å². The minimum absolute atomic E-state index is 0.0520. The molecule has 0 fully saturated rings. The van der Waals surface area contributed by atoms with Crippen molar-refractivity contribution in [1.82, 2.24) is 14.7 Å². The summed E-state index contributed by atoms with van der Waals surface area (Å²) in [6, 6.07) is 2.90. The van der Waals surface area contributed by atoms with E-state index in [1.807, 2.05) is 5.38 Å². The number of nitrogens with one attached hydrogen (secondary N) is 1. The summed E-state index contributed by atoms with van der Waals surface area (Å²) in [5, 5.41) is 11.5. The molecule has 0 aromatic carbocycles. The second kappa shape index (κ2) is 6.20. The molecular weight excluding hydrogens is 286 g/mol. The van der Waals surface area contributed by atoms with Crippen LogP contribution in [0.1, 0.15) is 10.6 Å². The van der Waals surface area contributed by atoms with Crippen LogP contribution in [0.15, 0.2) is 34.9 Å². The summed E-state index contributed by atoms with van der Waals surface area (Å²) in [4.78, 5) is 7.88. The van der Waals surface area contributed by atoms with Crippen LogP contribution in [0.2, 0.25) is 0 Å². The Morgan fingerprint density at radius 3 is 2.74 bits per heavy atom. The maximum absolute atomic E-state index is 11.9. The van der Waals surface area contributed by atoms with Gasteiger partial charge in [-0.1, -0.05) is 6.07 Å². The number of pyridine rings is 1. The average molecular weight is 299 g/mol. The van der Waals surface area contributed by atoms with Crippen molar-refractivity contribution in [2.24, 2.45) is 0 Å². The Morgan fingerprint density at radius 2 is 2.16 bits per heavy atom. The van der Waals surface area contributed by atoms with E-state index < -0.39 is 10.0 Å². The van der Waals surface area contributed by atoms with E-state index in [9.17, 15) is 8.42 Å². The fraction of sp³-hybridized carbons (Fsp3) is 0.273. The lowest BCUT2D eigenvalue weighted by Crippen LogP contribution is -2.26. The zero-order chi connectivity index (χ0) is 13.7. The van der Waals surface area contributed by atoms with Gasteiger partial charge in [0.1, 0.15) is 0 Å². The number of nitrogens with zero attached hydrogens (tertiary/aromatic N) is 2. The van der Waals surface area contributed by atoms with Crippen LogP contribution in [-0.2, 0) is 23.1 Å². The lowest BCUT2D eigenvalue weighted by atomic mass is 10.3. The van der Waals surface area contributed by atoms with Crippen LogP contribution in [0.5, 0.6) is 0 Å². The van der Waals surface area contributed by atoms with Crippen molar-refractivity contribution in [1.29, 1.82) is 0 Å². The van der Waals surface area contributed by atoms with Gasteiger partial charge < -0.3 is 5.11 Å². The molecule has 0 amide bonds. The number of aromatic nitrogens is 2. The van der Waals surface area contributed by atoms with Crippen molar-refractivity contribution in [3.05, 3.63) is 40.5 Å². The Hall–Kier alpha value is -1.35. The highest BCUT2D eigenvalue weighted by Crippen LogP contribution is 2.08. The number of hydrogen-bond donors (Lipinski definition) is 2. The lowest BCUT2D eigenvalue weighted by Gasteiger charge is -2.05. The first-order chi connectivity index (χ1) is 9.12. The third-order valence-electron chi connectivity index (χ3n) is 2.37. The molecule has 8 heteroatoms. The molecular formula is C11H13N3O3S2. The molecule has 0 radical (unpaired) electrons. The van der Waals surface area contributed by atoms with Gasteiger partial charge in [-0.3, -0.25) is 0 Å². The predicted molar refractivity (Wildman–Crippen MR) is 71.2 cm³/mol. The third-order valence-corrected chi connectivity index (χ3v) is 4.59. The Morgan fingerprint density at radius 1 is 1.32 bits per heavy atom. The van der Waals surface area contributed by atoms with Gasteiger partial charge in [0, 0.05) is 30.7 Å². The van der Waals surface area contributed by atoms with E-state index in [0.717, 1.165) is 5.01 Å². The normalized spacial score (nSPS) is 11.6. The van der Waals surface area contributed by atoms with Crippen molar-refractivity contribution >= 4 is 21.4 Å². The Balaban J connectivity index is 1.97. The molecule has 0 spiro atoms. The van der Waals surface area contributed by atoms with Gasteiger partial charge >= 0.3 is 0 Å². The van der Waals surface area contributed by atoms with Crippen molar-refractivity contribution in [3.63, 3.8) is 0 Å². The lowest BCUT2D eigenvalue weighted by molar-refractivity contribution is 0.281. The molecule has 0 atom stereocenters. The Bertz CT molecular complexity index is 609. The smallest absolute Gasteiger partial charge is 0.258 e. The number of aliphatic hydroxyl groups is 1. The van der Waals surface area contributed by atoms with Crippen molar-refractivity contribution in [2.75, 3.05) is 6.54 Å². The van der Waals surface area contributed by atoms with Crippen molar-refractivity contribution in [2.45, 2.75) is 18.1 Å². The molecule has 6 nitrogen and oxygen atoms in total. The van der Waals surface area contributed by atoms with E-state index in [0.29, 0.717) is 12.0 Å². The molecule has 0 aliphatic heterocycles. The van der Waals surface area contributed by atoms with E-state index in [2.05, 4.69) is 14.7 Å². The maximum atomic E-state index is 11.9. The van der Waals surface area contributed by atoms with Gasteiger partial charge in [0.2, 0.25) is 0 Å². The minimum atomic E-state index is -3.60. The van der Waals surface area contributed by atoms with E-state index in [-0.39, 0.29) is 18.2 Å². The number of hydrogen-bond acceptors (Lipinski definition) is 6. The van der Waals surface area contributed by atoms with Gasteiger partial charge in [-0.2, -0.15) is 0 Å². The van der Waals surface area contributed by atoms with Crippen molar-refractivity contribution in [3.8, 4) is 0 Å². The first-order valence-corrected chi connectivity index (χ1v) is 7.92. The highest BCUT2D eigenvalue weighted by atomic mass is 32.2. The molecule has 2 aromatic heterocycles. The van der Waals surface area contributed by atoms with E-state index in [4.69, 9.17) is 5.11 Å². The van der Waals surface area contributed by atoms with Crippen LogP contribution in [0.4, 0.5) is 0 Å². The molecule has 2 aromatic rings. The standard InChI is InChI=1S/C11H13N3O3S2/c15-8-9-1-2-11(13-7-9)19(16,17)14-4-3-10-12-5-6-18-10/h1-2,5-7,14-15H,3-4,8H2. The van der Waals surface area contributed by atoms with Crippen molar-refractivity contribution < 1.29 is 13.5 Å². The van der Waals surface area contributed by atoms with E-state index in [1.54, 1.807) is 6.20 Å². The van der Waals surface area contributed by atoms with E-state index >= 15 is 0 Å². The molecule has 0 unspecified atom stereocenters. The van der Waals surface area contributed by atoms with Crippen LogP contribution in [0.25, 0.3) is 0 Å². The summed E-state index contributed by atoms with van der Waals surface area (Å²) in [5.74, 6) is 0. The second-order valence-corrected chi connectivity index (χ2v) is 6.43. The maximum Gasteiger partial charge on any atom is 0.258 e. The van der Waals surface area contributed by atoms with Gasteiger partial charge in [-0.05, 0) is 11.6 Å². The monoisotopic (exact) mass is 299 g/mol. The molecule has 2 N–H and O–H groups in total. The van der Waals surface area contributed by atoms with Crippen LogP contribution in [-0.4, -0.2) is 30.0 Å². The largest absolute Gasteiger partial charge is 0.392 e. The van der Waals surface area contributed by atoms with Gasteiger partial charge in [0.05, 0.1) is 11.6 Å². The quantitative estimate of drug-likeness (QED) is 0.812. The van der Waals surface area contributed by atoms with Crippen LogP contribution in [0, 0.1) is 0 Å². The van der Waals surface area contributed by atoms with Gasteiger partial charge in [0.25, 0.3) is 10.0 Å². The Kier molecular flexibility index (Phi) is 4.59. The number of rotatable bonds is 6. The molecule has 0 aliphatic carbocycles. The summed E-state index contributed by atoms with van der Waals surface area (Å²) in [6.07, 6.45) is 3.57. The number of aliphatic hydroxyl groups excluding tert-OH is 1. The SMILES string of the molecule is O=S(=O)(NCCc1nccs1)c1ccc(CO)cn1. The van der Waals surface area contributed by atoms with Gasteiger partial charge in [-0.25, -0.2) is 23.1 Å². The van der Waals surface area contributed by atoms with Crippen LogP contribution in [0.3, 0.4) is 0 Å². The van der Waals surface area contributed by atoms with Gasteiger partial charge in [0.15, 0.2) is 5.03 Å². The zero-order valence-corrected chi connectivity index (χ0v) is 11.6. The molecule has 0 saturated heterocycles. The summed E-state index contributed by atoms with van der Waals surface area (Å²) < 4.78 is 26.3. The summed E-state index contributed by atoms with van der Waals surface area (Å²) in [5.41, 5.74) is 0.571. The number of thiazole rings is 1. The number of sulfonamides is 1. The van der Waals surface area contributed by atoms with E-state index in [1.165, 1.54) is 29.7 Å². The molecule has 2 rings (SSSR count). The Labute approximate surface area is 115 Å². The molecule has 0 aliphatic rings. The zero-order valence-electron chi connectivity index (χ0n) is 9.98. The summed E-state index contributed by atoms with van der Waals surface area (Å²) in [6.45, 7) is 0.115. The van der Waals surface area contributed by atoms with Gasteiger partial charge in [-0.15, -0.1) is 11.3 Å². The molecule has 19 heavy (non-hydrogen) atoms.